The number of hydrogen-bond donors (Lipinski definition) is 0. The van der Waals surface area contributed by atoms with Crippen molar-refractivity contribution >= 4 is 34.9 Å². The van der Waals surface area contributed by atoms with E-state index in [2.05, 4.69) is 63.3 Å². The first-order chi connectivity index (χ1) is 14.8. The Morgan fingerprint density at radius 1 is 1.06 bits per heavy atom. The number of aryl methyl sites for hydroxylation is 1. The summed E-state index contributed by atoms with van der Waals surface area (Å²) in [6, 6.07) is 15.5. The van der Waals surface area contributed by atoms with Crippen molar-refractivity contribution in [1.29, 1.82) is 0 Å². The van der Waals surface area contributed by atoms with Crippen LogP contribution in [0, 0.1) is 6.92 Å². The smallest absolute Gasteiger partial charge is 0.124 e. The lowest BCUT2D eigenvalue weighted by molar-refractivity contribution is 0.0881. The standard InChI is InChI=1S/C24H27BrN4OSi/c1-17-6-5-7-22(28-17)24-23(27-15-29(24)16-30-10-11-31(2,3)4)18-8-9-21-19(12-18)13-20(25)14-26-21/h5-9,12-15H,10-11,16H2,1-4H3. The van der Waals surface area contributed by atoms with Crippen LogP contribution < -0.4 is 0 Å². The molecule has 0 aliphatic heterocycles. The fraction of sp³-hybridized carbons (Fsp3) is 0.292. The van der Waals surface area contributed by atoms with Gasteiger partial charge in [0.1, 0.15) is 6.73 Å². The molecule has 3 aromatic heterocycles. The number of rotatable bonds is 7. The Morgan fingerprint density at radius 2 is 1.90 bits per heavy atom. The number of hydrogen-bond acceptors (Lipinski definition) is 4. The maximum atomic E-state index is 6.04. The Hall–Kier alpha value is -2.35. The third-order valence-corrected chi connectivity index (χ3v) is 7.25. The van der Waals surface area contributed by atoms with Crippen LogP contribution >= 0.6 is 15.9 Å². The summed E-state index contributed by atoms with van der Waals surface area (Å²) in [5, 5.41) is 1.07. The zero-order valence-electron chi connectivity index (χ0n) is 18.4. The second-order valence-electron chi connectivity index (χ2n) is 8.98. The quantitative estimate of drug-likeness (QED) is 0.216. The third-order valence-electron chi connectivity index (χ3n) is 5.12. The lowest BCUT2D eigenvalue weighted by Crippen LogP contribution is -2.22. The minimum Gasteiger partial charge on any atom is -0.361 e. The normalized spacial score (nSPS) is 11.9. The van der Waals surface area contributed by atoms with Gasteiger partial charge in [0, 0.05) is 42.0 Å². The Kier molecular flexibility index (Phi) is 6.36. The van der Waals surface area contributed by atoms with E-state index in [9.17, 15) is 0 Å². The van der Waals surface area contributed by atoms with E-state index in [4.69, 9.17) is 14.7 Å². The van der Waals surface area contributed by atoms with Crippen molar-refractivity contribution in [2.45, 2.75) is 39.3 Å². The van der Waals surface area contributed by atoms with E-state index in [1.807, 2.05) is 43.7 Å². The van der Waals surface area contributed by atoms with Gasteiger partial charge in [-0.2, -0.15) is 0 Å². The van der Waals surface area contributed by atoms with Gasteiger partial charge >= 0.3 is 0 Å². The molecular weight excluding hydrogens is 468 g/mol. The second kappa shape index (κ2) is 9.02. The van der Waals surface area contributed by atoms with E-state index in [0.717, 1.165) is 56.4 Å². The van der Waals surface area contributed by atoms with Crippen LogP contribution in [0.3, 0.4) is 0 Å². The summed E-state index contributed by atoms with van der Waals surface area (Å²) in [5.74, 6) is 0. The number of halogens is 1. The average Bonchev–Trinajstić information content (AvgIpc) is 3.14. The first kappa shape index (κ1) is 21.9. The van der Waals surface area contributed by atoms with Crippen molar-refractivity contribution in [3.63, 3.8) is 0 Å². The van der Waals surface area contributed by atoms with Crippen LogP contribution in [-0.2, 0) is 11.5 Å². The molecule has 7 heteroatoms. The molecule has 0 radical (unpaired) electrons. The van der Waals surface area contributed by atoms with Crippen molar-refractivity contribution in [3.05, 3.63) is 65.2 Å². The molecule has 0 amide bonds. The van der Waals surface area contributed by atoms with Gasteiger partial charge in [-0.15, -0.1) is 0 Å². The molecule has 3 heterocycles. The van der Waals surface area contributed by atoms with Crippen LogP contribution in [0.5, 0.6) is 0 Å². The van der Waals surface area contributed by atoms with E-state index in [1.54, 1.807) is 0 Å². The van der Waals surface area contributed by atoms with Crippen molar-refractivity contribution in [2.75, 3.05) is 6.61 Å². The molecule has 0 spiro atoms. The minimum absolute atomic E-state index is 0.461. The minimum atomic E-state index is -1.13. The first-order valence-corrected chi connectivity index (χ1v) is 14.9. The molecule has 0 atom stereocenters. The average molecular weight is 495 g/mol. The van der Waals surface area contributed by atoms with E-state index in [0.29, 0.717) is 6.73 Å². The van der Waals surface area contributed by atoms with Gasteiger partial charge in [-0.05, 0) is 59.2 Å². The predicted molar refractivity (Wildman–Crippen MR) is 133 cm³/mol. The third kappa shape index (κ3) is 5.29. The second-order valence-corrected chi connectivity index (χ2v) is 15.5. The number of imidazole rings is 1. The fourth-order valence-corrected chi connectivity index (χ4v) is 4.53. The SMILES string of the molecule is Cc1cccc(-c2c(-c3ccc4ncc(Br)cc4c3)ncn2COCC[Si](C)(C)C)n1. The molecule has 0 N–H and O–H groups in total. The fourth-order valence-electron chi connectivity index (χ4n) is 3.43. The van der Waals surface area contributed by atoms with E-state index >= 15 is 0 Å². The van der Waals surface area contributed by atoms with Crippen molar-refractivity contribution in [3.8, 4) is 22.6 Å². The van der Waals surface area contributed by atoms with Gasteiger partial charge < -0.3 is 9.30 Å². The predicted octanol–water partition coefficient (Wildman–Crippen LogP) is 6.54. The van der Waals surface area contributed by atoms with E-state index in [1.165, 1.54) is 0 Å². The van der Waals surface area contributed by atoms with Gasteiger partial charge in [0.05, 0.1) is 28.9 Å². The Bertz CT molecular complexity index is 1220. The van der Waals surface area contributed by atoms with E-state index in [-0.39, 0.29) is 0 Å². The molecule has 0 fully saturated rings. The zero-order valence-corrected chi connectivity index (χ0v) is 21.0. The lowest BCUT2D eigenvalue weighted by atomic mass is 10.1. The van der Waals surface area contributed by atoms with Crippen molar-refractivity contribution < 1.29 is 4.74 Å². The largest absolute Gasteiger partial charge is 0.361 e. The summed E-state index contributed by atoms with van der Waals surface area (Å²) in [6.45, 7) is 10.3. The van der Waals surface area contributed by atoms with Crippen LogP contribution in [0.15, 0.2) is 59.5 Å². The Morgan fingerprint density at radius 3 is 2.68 bits per heavy atom. The highest BCUT2D eigenvalue weighted by Gasteiger charge is 2.18. The van der Waals surface area contributed by atoms with Crippen molar-refractivity contribution in [1.82, 2.24) is 19.5 Å². The van der Waals surface area contributed by atoms with Gasteiger partial charge in [0.2, 0.25) is 0 Å². The maximum absolute atomic E-state index is 6.04. The highest BCUT2D eigenvalue weighted by atomic mass is 79.9. The lowest BCUT2D eigenvalue weighted by Gasteiger charge is -2.16. The zero-order chi connectivity index (χ0) is 22.0. The van der Waals surface area contributed by atoms with Crippen LogP contribution in [0.1, 0.15) is 5.69 Å². The molecule has 31 heavy (non-hydrogen) atoms. The van der Waals surface area contributed by atoms with Gasteiger partial charge in [0.15, 0.2) is 0 Å². The van der Waals surface area contributed by atoms with Gasteiger partial charge in [-0.3, -0.25) is 9.97 Å². The summed E-state index contributed by atoms with van der Waals surface area (Å²) in [4.78, 5) is 14.0. The van der Waals surface area contributed by atoms with Gasteiger partial charge in [-0.25, -0.2) is 4.98 Å². The molecule has 0 saturated carbocycles. The molecule has 0 unspecified atom stereocenters. The molecule has 0 bridgehead atoms. The van der Waals surface area contributed by atoms with E-state index < -0.39 is 8.07 Å². The highest BCUT2D eigenvalue weighted by Crippen LogP contribution is 2.32. The monoisotopic (exact) mass is 494 g/mol. The number of aromatic nitrogens is 4. The molecule has 5 nitrogen and oxygen atoms in total. The van der Waals surface area contributed by atoms with Crippen LogP contribution in [0.4, 0.5) is 0 Å². The molecule has 0 aliphatic rings. The summed E-state index contributed by atoms with van der Waals surface area (Å²) in [7, 11) is -1.13. The Labute approximate surface area is 192 Å². The summed E-state index contributed by atoms with van der Waals surface area (Å²) < 4.78 is 9.05. The molecule has 4 aromatic rings. The molecule has 4 rings (SSSR count). The number of nitrogens with zero attached hydrogens (tertiary/aromatic N) is 4. The maximum Gasteiger partial charge on any atom is 0.124 e. The molecular formula is C24H27BrN4OSi. The molecule has 0 saturated heterocycles. The van der Waals surface area contributed by atoms with Crippen LogP contribution in [0.2, 0.25) is 25.7 Å². The number of pyridine rings is 2. The summed E-state index contributed by atoms with van der Waals surface area (Å²) in [6.07, 6.45) is 3.67. The first-order valence-electron chi connectivity index (χ1n) is 10.4. The topological polar surface area (TPSA) is 52.8 Å². The van der Waals surface area contributed by atoms with Crippen LogP contribution in [-0.4, -0.2) is 34.2 Å². The summed E-state index contributed by atoms with van der Waals surface area (Å²) in [5.41, 5.74) is 5.73. The number of fused-ring (bicyclic) bond motifs is 1. The van der Waals surface area contributed by atoms with Crippen LogP contribution in [0.25, 0.3) is 33.5 Å². The molecule has 160 valence electrons. The van der Waals surface area contributed by atoms with Crippen molar-refractivity contribution in [2.24, 2.45) is 0 Å². The molecule has 0 aliphatic carbocycles. The highest BCUT2D eigenvalue weighted by molar-refractivity contribution is 9.10. The Balaban J connectivity index is 1.73. The van der Waals surface area contributed by atoms with Gasteiger partial charge in [0.25, 0.3) is 0 Å². The molecule has 1 aromatic carbocycles. The summed E-state index contributed by atoms with van der Waals surface area (Å²) >= 11 is 3.52. The number of benzene rings is 1. The number of ether oxygens (including phenoxy) is 1. The van der Waals surface area contributed by atoms with Gasteiger partial charge in [-0.1, -0.05) is 31.8 Å².